The predicted molar refractivity (Wildman–Crippen MR) is 135 cm³/mol. The summed E-state index contributed by atoms with van der Waals surface area (Å²) in [5.41, 5.74) is 8.76. The molecule has 3 heterocycles. The number of nitrogens with zero attached hydrogens (tertiary/aromatic N) is 4. The van der Waals surface area contributed by atoms with E-state index < -0.39 is 12.0 Å². The molecule has 10 heteroatoms. The number of nitrogen functional groups attached to an aromatic ring is 1. The smallest absolute Gasteiger partial charge is 0.154 e. The van der Waals surface area contributed by atoms with Gasteiger partial charge in [0.2, 0.25) is 0 Å². The molecule has 2 fully saturated rings. The zero-order valence-electron chi connectivity index (χ0n) is 20.6. The number of hydrogen-bond donors (Lipinski definition) is 3. The Balaban J connectivity index is 1.56. The summed E-state index contributed by atoms with van der Waals surface area (Å²) in [6.45, 7) is 5.94. The molecular formula is C26H31FN6O3. The number of ether oxygens (including phenoxy) is 2. The van der Waals surface area contributed by atoms with Gasteiger partial charge in [-0.1, -0.05) is 12.0 Å². The van der Waals surface area contributed by atoms with Crippen molar-refractivity contribution < 1.29 is 19.0 Å². The summed E-state index contributed by atoms with van der Waals surface area (Å²) in [6, 6.07) is 4.66. The van der Waals surface area contributed by atoms with Gasteiger partial charge in [-0.2, -0.15) is 0 Å². The number of aromatic nitrogens is 3. The van der Waals surface area contributed by atoms with Crippen LogP contribution < -0.4 is 11.1 Å². The Morgan fingerprint density at radius 2 is 2.08 bits per heavy atom. The molecule has 1 saturated heterocycles. The highest BCUT2D eigenvalue weighted by atomic mass is 19.1. The van der Waals surface area contributed by atoms with Crippen LogP contribution in [-0.4, -0.2) is 64.5 Å². The predicted octanol–water partition coefficient (Wildman–Crippen LogP) is 2.59. The molecular weight excluding hydrogens is 463 g/mol. The van der Waals surface area contributed by atoms with Gasteiger partial charge in [0.25, 0.3) is 0 Å². The van der Waals surface area contributed by atoms with Crippen molar-refractivity contribution in [3.63, 3.8) is 0 Å². The van der Waals surface area contributed by atoms with Gasteiger partial charge in [0, 0.05) is 42.6 Å². The number of benzene rings is 1. The summed E-state index contributed by atoms with van der Waals surface area (Å²) in [7, 11) is 1.51. The fourth-order valence-corrected chi connectivity index (χ4v) is 4.62. The highest BCUT2D eigenvalue weighted by molar-refractivity contribution is 5.93. The maximum atomic E-state index is 14.5. The van der Waals surface area contributed by atoms with E-state index in [0.717, 1.165) is 25.9 Å². The molecule has 4 N–H and O–H groups in total. The zero-order valence-corrected chi connectivity index (χ0v) is 20.6. The minimum atomic E-state index is -1.22. The standard InChI is InChI=1S/C26H31FN6O3/c1-26(7-8-26)33-20(4-3-9-32-10-12-36-13-11-32)21(22-23(28)29-16-30-24(22)33)25(34)31-18-6-5-17(15-35-2)19(27)14-18/h5-6,14,16,25,31,34H,7-13,15H2,1-2H3,(H2,28,29,30). The molecule has 36 heavy (non-hydrogen) atoms. The van der Waals surface area contributed by atoms with Crippen molar-refractivity contribution in [1.82, 2.24) is 19.4 Å². The lowest BCUT2D eigenvalue weighted by atomic mass is 10.1. The lowest BCUT2D eigenvalue weighted by Crippen LogP contribution is -2.36. The molecule has 2 aliphatic rings. The Morgan fingerprint density at radius 3 is 2.78 bits per heavy atom. The lowest BCUT2D eigenvalue weighted by Gasteiger charge is -2.24. The minimum absolute atomic E-state index is 0.164. The van der Waals surface area contributed by atoms with E-state index in [-0.39, 0.29) is 18.0 Å². The maximum absolute atomic E-state index is 14.5. The minimum Gasteiger partial charge on any atom is -0.383 e. The number of nitrogens with two attached hydrogens (primary N) is 1. The summed E-state index contributed by atoms with van der Waals surface area (Å²) in [6.07, 6.45) is 2.14. The number of rotatable bonds is 7. The monoisotopic (exact) mass is 494 g/mol. The van der Waals surface area contributed by atoms with Crippen LogP contribution in [0, 0.1) is 17.7 Å². The summed E-state index contributed by atoms with van der Waals surface area (Å²) in [4.78, 5) is 10.9. The Labute approximate surface area is 209 Å². The van der Waals surface area contributed by atoms with Crippen molar-refractivity contribution in [3.05, 3.63) is 47.2 Å². The summed E-state index contributed by atoms with van der Waals surface area (Å²) in [5, 5.41) is 15.0. The van der Waals surface area contributed by atoms with E-state index in [0.29, 0.717) is 53.3 Å². The Morgan fingerprint density at radius 1 is 1.31 bits per heavy atom. The first-order chi connectivity index (χ1) is 17.4. The first-order valence-corrected chi connectivity index (χ1v) is 12.1. The van der Waals surface area contributed by atoms with Crippen molar-refractivity contribution in [1.29, 1.82) is 0 Å². The van der Waals surface area contributed by atoms with Crippen LogP contribution in [0.15, 0.2) is 24.5 Å². The van der Waals surface area contributed by atoms with Crippen molar-refractivity contribution in [3.8, 4) is 11.8 Å². The number of morpholine rings is 1. The lowest BCUT2D eigenvalue weighted by molar-refractivity contribution is 0.0443. The van der Waals surface area contributed by atoms with Crippen LogP contribution in [0.3, 0.4) is 0 Å². The van der Waals surface area contributed by atoms with Gasteiger partial charge in [-0.15, -0.1) is 0 Å². The molecule has 5 rings (SSSR count). The van der Waals surface area contributed by atoms with E-state index in [4.69, 9.17) is 15.2 Å². The Kier molecular flexibility index (Phi) is 6.81. The fraction of sp³-hybridized carbons (Fsp3) is 0.462. The Bertz CT molecular complexity index is 1320. The van der Waals surface area contributed by atoms with Gasteiger partial charge >= 0.3 is 0 Å². The largest absolute Gasteiger partial charge is 0.383 e. The molecule has 3 aromatic rings. The van der Waals surface area contributed by atoms with Gasteiger partial charge in [0.05, 0.1) is 31.8 Å². The van der Waals surface area contributed by atoms with Crippen molar-refractivity contribution in [2.24, 2.45) is 0 Å². The topological polar surface area (TPSA) is 111 Å². The van der Waals surface area contributed by atoms with Crippen LogP contribution in [-0.2, 0) is 21.6 Å². The zero-order chi connectivity index (χ0) is 25.3. The Hall–Kier alpha value is -3.23. The molecule has 1 saturated carbocycles. The average molecular weight is 495 g/mol. The second-order valence-corrected chi connectivity index (χ2v) is 9.53. The summed E-state index contributed by atoms with van der Waals surface area (Å²) >= 11 is 0. The van der Waals surface area contributed by atoms with E-state index >= 15 is 0 Å². The number of nitrogens with one attached hydrogen (secondary N) is 1. The molecule has 1 aliphatic heterocycles. The number of fused-ring (bicyclic) bond motifs is 1. The van der Waals surface area contributed by atoms with Gasteiger partial charge < -0.3 is 30.2 Å². The number of hydrogen-bond acceptors (Lipinski definition) is 8. The number of aliphatic hydroxyl groups excluding tert-OH is 1. The molecule has 2 aromatic heterocycles. The van der Waals surface area contributed by atoms with Crippen LogP contribution >= 0.6 is 0 Å². The van der Waals surface area contributed by atoms with Gasteiger partial charge in [-0.05, 0) is 37.8 Å². The highest BCUT2D eigenvalue weighted by Crippen LogP contribution is 2.48. The van der Waals surface area contributed by atoms with Crippen LogP contribution in [0.2, 0.25) is 0 Å². The van der Waals surface area contributed by atoms with Gasteiger partial charge in [-0.3, -0.25) is 4.90 Å². The van der Waals surface area contributed by atoms with Crippen LogP contribution in [0.5, 0.6) is 0 Å². The first-order valence-electron chi connectivity index (χ1n) is 12.1. The number of methoxy groups -OCH3 is 1. The quantitative estimate of drug-likeness (QED) is 0.340. The third-order valence-electron chi connectivity index (χ3n) is 6.87. The van der Waals surface area contributed by atoms with Gasteiger partial charge in [0.15, 0.2) is 6.23 Å². The third-order valence-corrected chi connectivity index (χ3v) is 6.87. The van der Waals surface area contributed by atoms with E-state index in [1.807, 2.05) is 0 Å². The van der Waals surface area contributed by atoms with Gasteiger partial charge in [-0.25, -0.2) is 14.4 Å². The molecule has 0 spiro atoms. The molecule has 0 amide bonds. The van der Waals surface area contributed by atoms with Crippen molar-refractivity contribution >= 4 is 22.5 Å². The average Bonchev–Trinajstić information content (AvgIpc) is 3.50. The van der Waals surface area contributed by atoms with Crippen molar-refractivity contribution in [2.45, 2.75) is 38.1 Å². The number of halogens is 1. The molecule has 1 aromatic carbocycles. The molecule has 1 unspecified atom stereocenters. The van der Waals surface area contributed by atoms with Crippen LogP contribution in [0.1, 0.15) is 42.8 Å². The number of aliphatic hydroxyl groups is 1. The van der Waals surface area contributed by atoms with E-state index in [9.17, 15) is 9.50 Å². The SMILES string of the molecule is COCc1ccc(NC(O)c2c(C#CCN3CCOCC3)n(C3(C)CC3)c3ncnc(N)c23)cc1F. The van der Waals surface area contributed by atoms with Crippen molar-refractivity contribution in [2.75, 3.05) is 51.0 Å². The molecule has 0 radical (unpaired) electrons. The molecule has 0 bridgehead atoms. The van der Waals surface area contributed by atoms with E-state index in [2.05, 4.69) is 43.5 Å². The summed E-state index contributed by atoms with van der Waals surface area (Å²) in [5.74, 6) is 6.43. The van der Waals surface area contributed by atoms with Gasteiger partial charge in [0.1, 0.15) is 29.3 Å². The number of anilines is 2. The summed E-state index contributed by atoms with van der Waals surface area (Å²) < 4.78 is 27.1. The first kappa shape index (κ1) is 24.5. The van der Waals surface area contributed by atoms with Crippen LogP contribution in [0.25, 0.3) is 11.0 Å². The second-order valence-electron chi connectivity index (χ2n) is 9.53. The normalized spacial score (nSPS) is 18.0. The maximum Gasteiger partial charge on any atom is 0.154 e. The molecule has 190 valence electrons. The van der Waals surface area contributed by atoms with E-state index in [1.54, 1.807) is 12.1 Å². The fourth-order valence-electron chi connectivity index (χ4n) is 4.62. The molecule has 1 atom stereocenters. The highest BCUT2D eigenvalue weighted by Gasteiger charge is 2.43. The second kappa shape index (κ2) is 10.0. The van der Waals surface area contributed by atoms with Crippen LogP contribution in [0.4, 0.5) is 15.9 Å². The third kappa shape index (κ3) is 4.75. The molecule has 9 nitrogen and oxygen atoms in total. The molecule has 1 aliphatic carbocycles. The van der Waals surface area contributed by atoms with E-state index in [1.165, 1.54) is 19.5 Å².